The fourth-order valence-electron chi connectivity index (χ4n) is 2.72. The summed E-state index contributed by atoms with van der Waals surface area (Å²) in [5.41, 5.74) is 0.472. The summed E-state index contributed by atoms with van der Waals surface area (Å²) >= 11 is 0. The number of carbonyl (C=O) groups is 2. The Kier molecular flexibility index (Phi) is 6.44. The van der Waals surface area contributed by atoms with Crippen LogP contribution in [0.5, 0.6) is 5.75 Å². The van der Waals surface area contributed by atoms with Crippen LogP contribution in [-0.4, -0.2) is 31.1 Å². The summed E-state index contributed by atoms with van der Waals surface area (Å²) in [6.45, 7) is 4.35. The quantitative estimate of drug-likeness (QED) is 0.819. The van der Waals surface area contributed by atoms with Crippen LogP contribution in [0.15, 0.2) is 24.3 Å². The number of hydrogen-bond acceptors (Lipinski definition) is 4. The first-order valence-corrected chi connectivity index (χ1v) is 8.27. The lowest BCUT2D eigenvalue weighted by Crippen LogP contribution is -2.39. The number of benzene rings is 1. The summed E-state index contributed by atoms with van der Waals surface area (Å²) in [7, 11) is 0. The molecule has 0 unspecified atom stereocenters. The van der Waals surface area contributed by atoms with Gasteiger partial charge in [-0.15, -0.1) is 0 Å². The molecule has 0 radical (unpaired) electrons. The fraction of sp³-hybridized carbons (Fsp3) is 0.556. The van der Waals surface area contributed by atoms with Crippen molar-refractivity contribution in [3.8, 4) is 5.75 Å². The molecular weight excluding hydrogens is 294 g/mol. The average Bonchev–Trinajstić information content (AvgIpc) is 2.56. The Bertz CT molecular complexity index is 518. The lowest BCUT2D eigenvalue weighted by atomic mass is 9.87. The molecule has 0 bridgehead atoms. The van der Waals surface area contributed by atoms with Crippen molar-refractivity contribution in [2.45, 2.75) is 45.6 Å². The van der Waals surface area contributed by atoms with Gasteiger partial charge >= 0.3 is 5.97 Å². The van der Waals surface area contributed by atoms with Crippen LogP contribution < -0.4 is 10.1 Å². The standard InChI is InChI=1S/C18H25NO4/c1-3-22-18(21)14-6-10-16(11-7-14)23-12-17(20)19-15-8-4-13(2)5-9-15/h6-7,10-11,13,15H,3-5,8-9,12H2,1-2H3,(H,19,20). The predicted molar refractivity (Wildman–Crippen MR) is 87.5 cm³/mol. The Morgan fingerprint density at radius 3 is 2.39 bits per heavy atom. The molecule has 126 valence electrons. The van der Waals surface area contributed by atoms with E-state index in [0.717, 1.165) is 18.8 Å². The first kappa shape index (κ1) is 17.3. The van der Waals surface area contributed by atoms with Gasteiger partial charge in [-0.3, -0.25) is 4.79 Å². The Labute approximate surface area is 137 Å². The van der Waals surface area contributed by atoms with Crippen molar-refractivity contribution < 1.29 is 19.1 Å². The summed E-state index contributed by atoms with van der Waals surface area (Å²) in [5, 5.41) is 3.02. The molecule has 1 N–H and O–H groups in total. The van der Waals surface area contributed by atoms with Gasteiger partial charge in [0.25, 0.3) is 5.91 Å². The zero-order valence-electron chi connectivity index (χ0n) is 13.8. The van der Waals surface area contributed by atoms with Gasteiger partial charge < -0.3 is 14.8 Å². The third kappa shape index (κ3) is 5.58. The Morgan fingerprint density at radius 1 is 1.13 bits per heavy atom. The van der Waals surface area contributed by atoms with Crippen molar-refractivity contribution in [3.63, 3.8) is 0 Å². The van der Waals surface area contributed by atoms with Gasteiger partial charge in [0.15, 0.2) is 6.61 Å². The van der Waals surface area contributed by atoms with Crippen molar-refractivity contribution in [2.24, 2.45) is 5.92 Å². The Morgan fingerprint density at radius 2 is 1.78 bits per heavy atom. The zero-order valence-corrected chi connectivity index (χ0v) is 13.8. The van der Waals surface area contributed by atoms with Crippen molar-refractivity contribution in [2.75, 3.05) is 13.2 Å². The van der Waals surface area contributed by atoms with Gasteiger partial charge in [0.2, 0.25) is 0 Å². The van der Waals surface area contributed by atoms with E-state index >= 15 is 0 Å². The normalized spacial score (nSPS) is 20.6. The van der Waals surface area contributed by atoms with Crippen molar-refractivity contribution in [3.05, 3.63) is 29.8 Å². The summed E-state index contributed by atoms with van der Waals surface area (Å²) in [6.07, 6.45) is 4.42. The van der Waals surface area contributed by atoms with E-state index < -0.39 is 0 Å². The number of rotatable bonds is 6. The number of ether oxygens (including phenoxy) is 2. The summed E-state index contributed by atoms with van der Waals surface area (Å²) in [6, 6.07) is 6.87. The minimum absolute atomic E-state index is 0.00912. The molecule has 1 aromatic rings. The molecule has 5 nitrogen and oxygen atoms in total. The van der Waals surface area contributed by atoms with E-state index in [4.69, 9.17) is 9.47 Å². The maximum Gasteiger partial charge on any atom is 0.338 e. The van der Waals surface area contributed by atoms with E-state index in [-0.39, 0.29) is 24.5 Å². The molecule has 23 heavy (non-hydrogen) atoms. The van der Waals surface area contributed by atoms with Crippen LogP contribution in [0.2, 0.25) is 0 Å². The van der Waals surface area contributed by atoms with E-state index in [1.165, 1.54) is 12.8 Å². The number of nitrogens with one attached hydrogen (secondary N) is 1. The van der Waals surface area contributed by atoms with Crippen LogP contribution >= 0.6 is 0 Å². The highest BCUT2D eigenvalue weighted by Gasteiger charge is 2.19. The molecule has 1 saturated carbocycles. The number of esters is 1. The van der Waals surface area contributed by atoms with Crippen LogP contribution in [0, 0.1) is 5.92 Å². The number of amides is 1. The molecule has 0 saturated heterocycles. The molecule has 0 heterocycles. The van der Waals surface area contributed by atoms with E-state index in [1.807, 2.05) is 0 Å². The van der Waals surface area contributed by atoms with Crippen LogP contribution in [0.3, 0.4) is 0 Å². The first-order valence-electron chi connectivity index (χ1n) is 8.27. The van der Waals surface area contributed by atoms with Crippen molar-refractivity contribution in [1.82, 2.24) is 5.32 Å². The summed E-state index contributed by atoms with van der Waals surface area (Å²) in [4.78, 5) is 23.5. The third-order valence-corrected chi connectivity index (χ3v) is 4.12. The van der Waals surface area contributed by atoms with E-state index in [0.29, 0.717) is 17.9 Å². The highest BCUT2D eigenvalue weighted by atomic mass is 16.5. The predicted octanol–water partition coefficient (Wildman–Crippen LogP) is 2.94. The molecule has 0 spiro atoms. The van der Waals surface area contributed by atoms with Gasteiger partial charge in [0.05, 0.1) is 12.2 Å². The van der Waals surface area contributed by atoms with Gasteiger partial charge in [-0.25, -0.2) is 4.79 Å². The maximum absolute atomic E-state index is 11.9. The van der Waals surface area contributed by atoms with E-state index in [9.17, 15) is 9.59 Å². The Balaban J connectivity index is 1.74. The van der Waals surface area contributed by atoms with Crippen molar-refractivity contribution in [1.29, 1.82) is 0 Å². The molecule has 0 aliphatic heterocycles. The van der Waals surface area contributed by atoms with Gasteiger partial charge in [-0.05, 0) is 62.8 Å². The topological polar surface area (TPSA) is 64.6 Å². The summed E-state index contributed by atoms with van der Waals surface area (Å²) < 4.78 is 10.4. The van der Waals surface area contributed by atoms with Gasteiger partial charge in [0, 0.05) is 6.04 Å². The fourth-order valence-corrected chi connectivity index (χ4v) is 2.72. The molecule has 2 rings (SSSR count). The maximum atomic E-state index is 11.9. The van der Waals surface area contributed by atoms with Gasteiger partial charge in [-0.2, -0.15) is 0 Å². The van der Waals surface area contributed by atoms with Crippen molar-refractivity contribution >= 4 is 11.9 Å². The number of carbonyl (C=O) groups excluding carboxylic acids is 2. The Hall–Kier alpha value is -2.04. The molecule has 5 heteroatoms. The minimum atomic E-state index is -0.358. The number of hydrogen-bond donors (Lipinski definition) is 1. The van der Waals surface area contributed by atoms with Crippen LogP contribution in [0.4, 0.5) is 0 Å². The smallest absolute Gasteiger partial charge is 0.338 e. The zero-order chi connectivity index (χ0) is 16.7. The molecule has 1 aliphatic rings. The average molecular weight is 319 g/mol. The second-order valence-electron chi connectivity index (χ2n) is 6.06. The van der Waals surface area contributed by atoms with Crippen LogP contribution in [-0.2, 0) is 9.53 Å². The van der Waals surface area contributed by atoms with Gasteiger partial charge in [-0.1, -0.05) is 6.92 Å². The third-order valence-electron chi connectivity index (χ3n) is 4.12. The molecule has 1 amide bonds. The molecule has 0 atom stereocenters. The molecule has 1 aliphatic carbocycles. The van der Waals surface area contributed by atoms with Crippen LogP contribution in [0.25, 0.3) is 0 Å². The second-order valence-corrected chi connectivity index (χ2v) is 6.06. The molecule has 1 fully saturated rings. The largest absolute Gasteiger partial charge is 0.484 e. The van der Waals surface area contributed by atoms with Gasteiger partial charge in [0.1, 0.15) is 5.75 Å². The highest BCUT2D eigenvalue weighted by molar-refractivity contribution is 5.89. The monoisotopic (exact) mass is 319 g/mol. The molecule has 1 aromatic carbocycles. The first-order chi connectivity index (χ1) is 11.1. The minimum Gasteiger partial charge on any atom is -0.484 e. The SMILES string of the molecule is CCOC(=O)c1ccc(OCC(=O)NC2CCC(C)CC2)cc1. The van der Waals surface area contributed by atoms with E-state index in [2.05, 4.69) is 12.2 Å². The highest BCUT2D eigenvalue weighted by Crippen LogP contribution is 2.23. The summed E-state index contributed by atoms with van der Waals surface area (Å²) in [5.74, 6) is 0.866. The molecular formula is C18H25NO4. The lowest BCUT2D eigenvalue weighted by molar-refractivity contribution is -0.124. The molecule has 0 aromatic heterocycles. The van der Waals surface area contributed by atoms with Crippen LogP contribution in [0.1, 0.15) is 49.9 Å². The lowest BCUT2D eigenvalue weighted by Gasteiger charge is -2.26. The second kappa shape index (κ2) is 8.56. The van der Waals surface area contributed by atoms with E-state index in [1.54, 1.807) is 31.2 Å².